The lowest BCUT2D eigenvalue weighted by molar-refractivity contribution is -0.385. The van der Waals surface area contributed by atoms with Crippen molar-refractivity contribution in [3.63, 3.8) is 0 Å². The minimum absolute atomic E-state index is 0.0644. The Labute approximate surface area is 124 Å². The largest absolute Gasteiger partial charge is 0.478 e. The number of para-hydroxylation sites is 1. The second-order valence-electron chi connectivity index (χ2n) is 3.98. The molecule has 0 spiro atoms. The van der Waals surface area contributed by atoms with Crippen LogP contribution in [0.2, 0.25) is 0 Å². The zero-order valence-corrected chi connectivity index (χ0v) is 11.8. The fourth-order valence-electron chi connectivity index (χ4n) is 1.69. The maximum atomic E-state index is 11.2. The average molecular weight is 305 g/mol. The number of anilines is 2. The van der Waals surface area contributed by atoms with Crippen molar-refractivity contribution in [1.29, 1.82) is 0 Å². The lowest BCUT2D eigenvalue weighted by atomic mass is 10.2. The van der Waals surface area contributed by atoms with Gasteiger partial charge in [-0.3, -0.25) is 10.1 Å². The zero-order chi connectivity index (χ0) is 15.4. The number of aromatic nitrogens is 1. The number of rotatable bonds is 5. The summed E-state index contributed by atoms with van der Waals surface area (Å²) < 4.78 is 0. The van der Waals surface area contributed by atoms with Crippen molar-refractivity contribution in [2.75, 3.05) is 11.6 Å². The molecule has 0 fully saturated rings. The molecule has 0 atom stereocenters. The van der Waals surface area contributed by atoms with Gasteiger partial charge in [0.15, 0.2) is 0 Å². The van der Waals surface area contributed by atoms with E-state index in [0.29, 0.717) is 5.69 Å². The number of benzene rings is 1. The Kier molecular flexibility index (Phi) is 4.39. The Hall–Kier alpha value is -2.61. The van der Waals surface area contributed by atoms with Crippen molar-refractivity contribution >= 4 is 34.9 Å². The van der Waals surface area contributed by atoms with Gasteiger partial charge in [-0.2, -0.15) is 0 Å². The van der Waals surface area contributed by atoms with E-state index in [1.807, 2.05) is 18.4 Å². The van der Waals surface area contributed by atoms with Gasteiger partial charge in [0.05, 0.1) is 10.6 Å². The highest BCUT2D eigenvalue weighted by Gasteiger charge is 2.18. The van der Waals surface area contributed by atoms with E-state index in [0.717, 1.165) is 17.2 Å². The molecule has 0 amide bonds. The third kappa shape index (κ3) is 3.29. The molecule has 0 aliphatic rings. The second kappa shape index (κ2) is 6.23. The molecule has 7 nitrogen and oxygen atoms in total. The zero-order valence-electron chi connectivity index (χ0n) is 10.9. The number of nitro groups is 1. The molecule has 0 bridgehead atoms. The quantitative estimate of drug-likeness (QED) is 0.496. The Morgan fingerprint density at radius 1 is 1.43 bits per heavy atom. The third-order valence-electron chi connectivity index (χ3n) is 2.67. The fourth-order valence-corrected chi connectivity index (χ4v) is 2.25. The van der Waals surface area contributed by atoms with Crippen molar-refractivity contribution in [3.05, 3.63) is 52.2 Å². The van der Waals surface area contributed by atoms with Gasteiger partial charge in [-0.05, 0) is 18.4 Å². The summed E-state index contributed by atoms with van der Waals surface area (Å²) in [6.45, 7) is 0. The van der Waals surface area contributed by atoms with Gasteiger partial charge in [-0.1, -0.05) is 12.1 Å². The van der Waals surface area contributed by atoms with Crippen LogP contribution in [0, 0.1) is 10.1 Å². The molecule has 108 valence electrons. The van der Waals surface area contributed by atoms with Gasteiger partial charge in [-0.15, -0.1) is 11.8 Å². The molecule has 1 aromatic heterocycles. The normalized spacial score (nSPS) is 10.1. The van der Waals surface area contributed by atoms with Crippen molar-refractivity contribution in [3.8, 4) is 0 Å². The molecular formula is C13H11N3O4S. The average Bonchev–Trinajstić information content (AvgIpc) is 2.47. The summed E-state index contributed by atoms with van der Waals surface area (Å²) in [5, 5.41) is 22.8. The van der Waals surface area contributed by atoms with Crippen LogP contribution in [0.5, 0.6) is 0 Å². The molecule has 21 heavy (non-hydrogen) atoms. The van der Waals surface area contributed by atoms with Crippen molar-refractivity contribution in [2.45, 2.75) is 4.90 Å². The number of aromatic carboxylic acids is 1. The van der Waals surface area contributed by atoms with Crippen LogP contribution in [0.1, 0.15) is 10.4 Å². The van der Waals surface area contributed by atoms with Crippen molar-refractivity contribution < 1.29 is 14.8 Å². The highest BCUT2D eigenvalue weighted by atomic mass is 32.2. The van der Waals surface area contributed by atoms with Gasteiger partial charge >= 0.3 is 5.97 Å². The number of nitrogens with one attached hydrogen (secondary N) is 1. The van der Waals surface area contributed by atoms with Gasteiger partial charge < -0.3 is 10.4 Å². The molecule has 2 N–H and O–H groups in total. The lowest BCUT2D eigenvalue weighted by Gasteiger charge is -2.11. The third-order valence-corrected chi connectivity index (χ3v) is 3.47. The number of carboxylic acids is 1. The minimum atomic E-state index is -1.28. The van der Waals surface area contributed by atoms with E-state index in [4.69, 9.17) is 5.11 Å². The van der Waals surface area contributed by atoms with E-state index in [2.05, 4.69) is 10.3 Å². The molecule has 0 aliphatic heterocycles. The molecular weight excluding hydrogens is 294 g/mol. The van der Waals surface area contributed by atoms with Crippen LogP contribution in [0.4, 0.5) is 17.2 Å². The van der Waals surface area contributed by atoms with Crippen molar-refractivity contribution in [1.82, 2.24) is 4.98 Å². The lowest BCUT2D eigenvalue weighted by Crippen LogP contribution is -2.06. The standard InChI is InChI=1S/C13H11N3O4S/c1-21-11-5-3-2-4-10(11)15-12-9(13(17)18)6-8(7-14-12)16(19)20/h2-7H,1H3,(H,14,15)(H,17,18). The van der Waals surface area contributed by atoms with Crippen LogP contribution in [0.3, 0.4) is 0 Å². The van der Waals surface area contributed by atoms with Gasteiger partial charge in [-0.25, -0.2) is 9.78 Å². The smallest absolute Gasteiger partial charge is 0.339 e. The first-order valence-corrected chi connectivity index (χ1v) is 7.03. The summed E-state index contributed by atoms with van der Waals surface area (Å²) in [4.78, 5) is 26.0. The first-order valence-electron chi connectivity index (χ1n) is 5.80. The van der Waals surface area contributed by atoms with Crippen LogP contribution in [-0.2, 0) is 0 Å². The van der Waals surface area contributed by atoms with Crippen LogP contribution in [0.15, 0.2) is 41.4 Å². The number of hydrogen-bond donors (Lipinski definition) is 2. The number of thioether (sulfide) groups is 1. The molecule has 2 rings (SSSR count). The van der Waals surface area contributed by atoms with Gasteiger partial charge in [0.25, 0.3) is 5.69 Å². The number of hydrogen-bond acceptors (Lipinski definition) is 6. The van der Waals surface area contributed by atoms with E-state index >= 15 is 0 Å². The molecule has 1 heterocycles. The van der Waals surface area contributed by atoms with Crippen LogP contribution in [-0.4, -0.2) is 27.2 Å². The van der Waals surface area contributed by atoms with E-state index in [9.17, 15) is 14.9 Å². The van der Waals surface area contributed by atoms with Crippen LogP contribution in [0.25, 0.3) is 0 Å². The SMILES string of the molecule is CSc1ccccc1Nc1ncc([N+](=O)[O-])cc1C(=O)O. The summed E-state index contributed by atoms with van der Waals surface area (Å²) in [7, 11) is 0. The molecule has 0 aliphatic carbocycles. The molecule has 2 aromatic rings. The minimum Gasteiger partial charge on any atom is -0.478 e. The maximum Gasteiger partial charge on any atom is 0.339 e. The number of nitrogens with zero attached hydrogens (tertiary/aromatic N) is 2. The van der Waals surface area contributed by atoms with E-state index in [1.54, 1.807) is 12.1 Å². The number of carboxylic acid groups (broad SMARTS) is 1. The summed E-state index contributed by atoms with van der Waals surface area (Å²) in [5.74, 6) is -1.22. The highest BCUT2D eigenvalue weighted by Crippen LogP contribution is 2.29. The monoisotopic (exact) mass is 305 g/mol. The van der Waals surface area contributed by atoms with E-state index in [1.165, 1.54) is 11.8 Å². The molecule has 8 heteroatoms. The summed E-state index contributed by atoms with van der Waals surface area (Å²) in [6.07, 6.45) is 2.92. The molecule has 0 unspecified atom stereocenters. The molecule has 0 radical (unpaired) electrons. The van der Waals surface area contributed by atoms with Crippen LogP contribution >= 0.6 is 11.8 Å². The Morgan fingerprint density at radius 3 is 2.76 bits per heavy atom. The first-order chi connectivity index (χ1) is 10.0. The van der Waals surface area contributed by atoms with Gasteiger partial charge in [0, 0.05) is 11.0 Å². The molecule has 1 aromatic carbocycles. The first kappa shape index (κ1) is 14.8. The Morgan fingerprint density at radius 2 is 2.14 bits per heavy atom. The summed E-state index contributed by atoms with van der Waals surface area (Å²) in [6, 6.07) is 8.30. The highest BCUT2D eigenvalue weighted by molar-refractivity contribution is 7.98. The second-order valence-corrected chi connectivity index (χ2v) is 4.83. The topological polar surface area (TPSA) is 105 Å². The van der Waals surface area contributed by atoms with Crippen LogP contribution < -0.4 is 5.32 Å². The predicted molar refractivity (Wildman–Crippen MR) is 79.4 cm³/mol. The van der Waals surface area contributed by atoms with Gasteiger partial charge in [0.1, 0.15) is 17.6 Å². The molecule has 0 saturated heterocycles. The predicted octanol–water partition coefficient (Wildman–Crippen LogP) is 3.15. The van der Waals surface area contributed by atoms with E-state index in [-0.39, 0.29) is 17.1 Å². The van der Waals surface area contributed by atoms with E-state index < -0.39 is 10.9 Å². The Balaban J connectivity index is 2.44. The summed E-state index contributed by atoms with van der Waals surface area (Å²) >= 11 is 1.49. The Bertz CT molecular complexity index is 706. The van der Waals surface area contributed by atoms with Gasteiger partial charge in [0.2, 0.25) is 0 Å². The molecule has 0 saturated carbocycles. The van der Waals surface area contributed by atoms with Crippen molar-refractivity contribution in [2.24, 2.45) is 0 Å². The number of pyridine rings is 1. The summed E-state index contributed by atoms with van der Waals surface area (Å²) in [5.41, 5.74) is 0.0741. The number of carbonyl (C=O) groups is 1. The maximum absolute atomic E-state index is 11.2. The fraction of sp³-hybridized carbons (Fsp3) is 0.0769.